The van der Waals surface area contributed by atoms with Crippen molar-refractivity contribution >= 4 is 17.9 Å². The number of carbonyl (C=O) groups is 2. The molecule has 0 spiro atoms. The molecule has 0 unspecified atom stereocenters. The Kier molecular flexibility index (Phi) is 4.65. The normalized spacial score (nSPS) is 10.8. The Morgan fingerprint density at radius 3 is 2.86 bits per heavy atom. The van der Waals surface area contributed by atoms with Gasteiger partial charge in [0.2, 0.25) is 6.41 Å². The van der Waals surface area contributed by atoms with Crippen LogP contribution in [-0.2, 0) is 14.3 Å². The van der Waals surface area contributed by atoms with Gasteiger partial charge < -0.3 is 9.47 Å². The van der Waals surface area contributed by atoms with E-state index >= 15 is 0 Å². The molecule has 0 radical (unpaired) electrons. The second-order valence-electron chi connectivity index (χ2n) is 3.66. The Bertz CT molecular complexity index is 652. The molecule has 0 fully saturated rings. The number of nitrogens with zero attached hydrogens (tertiary/aromatic N) is 2. The van der Waals surface area contributed by atoms with Crippen LogP contribution in [0.4, 0.5) is 0 Å². The van der Waals surface area contributed by atoms with E-state index in [-0.39, 0.29) is 18.1 Å². The topological polar surface area (TPSA) is 104 Å². The molecule has 2 amide bonds. The lowest BCUT2D eigenvalue weighted by molar-refractivity contribution is -0.121. The number of nitrogens with one attached hydrogen (secondary N) is 1. The third kappa shape index (κ3) is 3.44. The molecule has 0 atom stereocenters. The predicted octanol–water partition coefficient (Wildman–Crippen LogP) is 1.12. The zero-order chi connectivity index (χ0) is 15.1. The molecule has 0 aliphatic carbocycles. The first kappa shape index (κ1) is 14.3. The van der Waals surface area contributed by atoms with Crippen molar-refractivity contribution in [3.63, 3.8) is 0 Å². The highest BCUT2D eigenvalue weighted by Crippen LogP contribution is 2.29. The second-order valence-corrected chi connectivity index (χ2v) is 3.66. The van der Waals surface area contributed by atoms with E-state index in [0.717, 1.165) is 0 Å². The Labute approximate surface area is 119 Å². The average Bonchev–Trinajstić information content (AvgIpc) is 2.99. The average molecular weight is 289 g/mol. The smallest absolute Gasteiger partial charge is 0.422 e. The van der Waals surface area contributed by atoms with Crippen LogP contribution in [0.2, 0.25) is 0 Å². The molecule has 1 N–H and O–H groups in total. The van der Waals surface area contributed by atoms with Gasteiger partial charge in [-0.2, -0.15) is 4.98 Å². The Morgan fingerprint density at radius 2 is 2.19 bits per heavy atom. The van der Waals surface area contributed by atoms with Crippen LogP contribution in [-0.4, -0.2) is 29.6 Å². The van der Waals surface area contributed by atoms with Crippen LogP contribution in [0.25, 0.3) is 5.57 Å². The molecule has 8 nitrogen and oxygen atoms in total. The third-order valence-electron chi connectivity index (χ3n) is 2.39. The van der Waals surface area contributed by atoms with Crippen molar-refractivity contribution in [2.24, 2.45) is 0 Å². The van der Waals surface area contributed by atoms with Crippen molar-refractivity contribution in [3.05, 3.63) is 42.4 Å². The maximum atomic E-state index is 11.9. The lowest BCUT2D eigenvalue weighted by atomic mass is 10.1. The minimum atomic E-state index is -0.631. The van der Waals surface area contributed by atoms with Crippen molar-refractivity contribution in [3.8, 4) is 11.8 Å². The highest BCUT2D eigenvalue weighted by Gasteiger charge is 2.18. The number of benzene rings is 1. The highest BCUT2D eigenvalue weighted by molar-refractivity contribution is 6.22. The van der Waals surface area contributed by atoms with Crippen LogP contribution in [0.15, 0.2) is 41.4 Å². The van der Waals surface area contributed by atoms with E-state index < -0.39 is 5.91 Å². The van der Waals surface area contributed by atoms with Crippen molar-refractivity contribution in [1.29, 1.82) is 0 Å². The van der Waals surface area contributed by atoms with E-state index in [1.54, 1.807) is 24.3 Å². The zero-order valence-electron chi connectivity index (χ0n) is 11.0. The molecule has 0 aliphatic rings. The number of rotatable bonds is 6. The maximum Gasteiger partial charge on any atom is 0.422 e. The molecular weight excluding hydrogens is 278 g/mol. The lowest BCUT2D eigenvalue weighted by Gasteiger charge is -2.10. The number of hydrogen-bond donors (Lipinski definition) is 1. The predicted molar refractivity (Wildman–Crippen MR) is 70.0 cm³/mol. The highest BCUT2D eigenvalue weighted by atomic mass is 16.6. The lowest BCUT2D eigenvalue weighted by Crippen LogP contribution is -2.22. The zero-order valence-corrected chi connectivity index (χ0v) is 11.0. The van der Waals surface area contributed by atoms with Gasteiger partial charge in [0.25, 0.3) is 5.91 Å². The van der Waals surface area contributed by atoms with Gasteiger partial charge in [0.15, 0.2) is 6.33 Å². The number of imide groups is 1. The van der Waals surface area contributed by atoms with Gasteiger partial charge in [0.05, 0.1) is 18.9 Å². The van der Waals surface area contributed by atoms with Gasteiger partial charge in [-0.15, -0.1) is 0 Å². The largest absolute Gasteiger partial charge is 0.504 e. The molecule has 2 rings (SSSR count). The number of amides is 2. The van der Waals surface area contributed by atoms with Crippen molar-refractivity contribution in [2.75, 3.05) is 7.11 Å². The third-order valence-corrected chi connectivity index (χ3v) is 2.39. The molecule has 1 aromatic carbocycles. The van der Waals surface area contributed by atoms with E-state index in [0.29, 0.717) is 11.3 Å². The fraction of sp³-hybridized carbons (Fsp3) is 0.0769. The van der Waals surface area contributed by atoms with Crippen LogP contribution in [0, 0.1) is 0 Å². The summed E-state index contributed by atoms with van der Waals surface area (Å²) in [6.07, 6.45) is 2.60. The second kappa shape index (κ2) is 6.85. The van der Waals surface area contributed by atoms with E-state index in [1.807, 2.05) is 5.32 Å². The quantitative estimate of drug-likeness (QED) is 0.482. The number of ether oxygens (including phenoxy) is 2. The maximum absolute atomic E-state index is 11.9. The first-order chi connectivity index (χ1) is 10.3. The summed E-state index contributed by atoms with van der Waals surface area (Å²) in [5, 5.41) is 5.46. The molecule has 1 aromatic heterocycles. The summed E-state index contributed by atoms with van der Waals surface area (Å²) in [5.41, 5.74) is 0.511. The van der Waals surface area contributed by atoms with Gasteiger partial charge in [-0.05, 0) is 6.07 Å². The molecule has 0 aliphatic heterocycles. The fourth-order valence-corrected chi connectivity index (χ4v) is 1.57. The van der Waals surface area contributed by atoms with Gasteiger partial charge in [0, 0.05) is 5.56 Å². The van der Waals surface area contributed by atoms with Crippen LogP contribution in [0.5, 0.6) is 11.8 Å². The summed E-state index contributed by atoms with van der Waals surface area (Å²) >= 11 is 0. The summed E-state index contributed by atoms with van der Waals surface area (Å²) < 4.78 is 15.0. The minimum absolute atomic E-state index is 0.0741. The van der Waals surface area contributed by atoms with Gasteiger partial charge in [-0.25, -0.2) is 0 Å². The molecule has 108 valence electrons. The van der Waals surface area contributed by atoms with E-state index in [9.17, 15) is 9.59 Å². The van der Waals surface area contributed by atoms with Crippen LogP contribution >= 0.6 is 0 Å². The standard InChI is InChI=1S/C13H11N3O5/c1-19-6-10(12(18)15-8-17)9-4-2-3-5-11(9)20-13-14-7-16-21-13/h2-8H,1H3,(H,15,17,18)/b10-6+. The first-order valence-corrected chi connectivity index (χ1v) is 5.77. The number of para-hydroxylation sites is 1. The number of hydrogen-bond acceptors (Lipinski definition) is 7. The van der Waals surface area contributed by atoms with E-state index in [4.69, 9.17) is 14.0 Å². The summed E-state index contributed by atoms with van der Waals surface area (Å²) in [6, 6.07) is 6.64. The number of methoxy groups -OCH3 is 1. The molecule has 2 aromatic rings. The summed E-state index contributed by atoms with van der Waals surface area (Å²) in [4.78, 5) is 26.1. The molecule has 21 heavy (non-hydrogen) atoms. The van der Waals surface area contributed by atoms with Crippen molar-refractivity contribution < 1.29 is 23.6 Å². The van der Waals surface area contributed by atoms with Crippen LogP contribution in [0.1, 0.15) is 5.56 Å². The summed E-state index contributed by atoms with van der Waals surface area (Å²) in [6.45, 7) is 0. The Hall–Kier alpha value is -3.16. The van der Waals surface area contributed by atoms with Gasteiger partial charge >= 0.3 is 6.08 Å². The summed E-state index contributed by atoms with van der Waals surface area (Å²) in [7, 11) is 1.38. The van der Waals surface area contributed by atoms with E-state index in [1.165, 1.54) is 19.7 Å². The van der Waals surface area contributed by atoms with Crippen LogP contribution in [0.3, 0.4) is 0 Å². The van der Waals surface area contributed by atoms with Crippen molar-refractivity contribution in [2.45, 2.75) is 0 Å². The Balaban J connectivity index is 2.38. The monoisotopic (exact) mass is 289 g/mol. The van der Waals surface area contributed by atoms with Crippen molar-refractivity contribution in [1.82, 2.24) is 15.5 Å². The summed E-state index contributed by atoms with van der Waals surface area (Å²) in [5.74, 6) is -0.334. The Morgan fingerprint density at radius 1 is 1.38 bits per heavy atom. The van der Waals surface area contributed by atoms with E-state index in [2.05, 4.69) is 10.1 Å². The van der Waals surface area contributed by atoms with Gasteiger partial charge in [-0.1, -0.05) is 23.4 Å². The fourth-order valence-electron chi connectivity index (χ4n) is 1.57. The molecular formula is C13H11N3O5. The van der Waals surface area contributed by atoms with Gasteiger partial charge in [0.1, 0.15) is 5.75 Å². The SMILES string of the molecule is CO/C=C(/C(=O)NC=O)c1ccccc1Oc1ncno1. The molecule has 0 saturated heterocycles. The molecule has 8 heteroatoms. The molecule has 0 saturated carbocycles. The van der Waals surface area contributed by atoms with Crippen LogP contribution < -0.4 is 10.1 Å². The number of carbonyl (C=O) groups excluding carboxylic acids is 2. The first-order valence-electron chi connectivity index (χ1n) is 5.77. The molecule has 0 bridgehead atoms. The molecule has 1 heterocycles. The van der Waals surface area contributed by atoms with Gasteiger partial charge in [-0.3, -0.25) is 19.4 Å². The minimum Gasteiger partial charge on any atom is -0.504 e. The number of aromatic nitrogens is 2.